The maximum atomic E-state index is 11.9. The fourth-order valence-corrected chi connectivity index (χ4v) is 2.26. The topological polar surface area (TPSA) is 94.0 Å². The highest BCUT2D eigenvalue weighted by atomic mass is 16.5. The molecule has 0 unspecified atom stereocenters. The SMILES string of the molecule is Cc1noc(CCNC(=O)C2CCC(N)CC2)n1. The van der Waals surface area contributed by atoms with Crippen LogP contribution in [0.3, 0.4) is 0 Å². The van der Waals surface area contributed by atoms with E-state index in [2.05, 4.69) is 15.5 Å². The fourth-order valence-electron chi connectivity index (χ4n) is 2.26. The van der Waals surface area contributed by atoms with Crippen molar-refractivity contribution < 1.29 is 9.32 Å². The maximum absolute atomic E-state index is 11.9. The van der Waals surface area contributed by atoms with Gasteiger partial charge >= 0.3 is 0 Å². The molecule has 3 N–H and O–H groups in total. The van der Waals surface area contributed by atoms with Gasteiger partial charge in [0.05, 0.1) is 0 Å². The molecule has 1 aliphatic rings. The number of amides is 1. The first-order valence-corrected chi connectivity index (χ1v) is 6.47. The molecule has 1 fully saturated rings. The second-order valence-electron chi connectivity index (χ2n) is 4.89. The molecule has 0 spiro atoms. The van der Waals surface area contributed by atoms with Crippen molar-refractivity contribution in [3.8, 4) is 0 Å². The van der Waals surface area contributed by atoms with Gasteiger partial charge in [-0.25, -0.2) is 0 Å². The molecule has 6 nitrogen and oxygen atoms in total. The van der Waals surface area contributed by atoms with Gasteiger partial charge in [-0.1, -0.05) is 5.16 Å². The minimum absolute atomic E-state index is 0.120. The number of nitrogens with zero attached hydrogens (tertiary/aromatic N) is 2. The summed E-state index contributed by atoms with van der Waals surface area (Å²) in [5.74, 6) is 1.43. The summed E-state index contributed by atoms with van der Waals surface area (Å²) in [5, 5.41) is 6.62. The van der Waals surface area contributed by atoms with Crippen molar-refractivity contribution in [1.82, 2.24) is 15.5 Å². The zero-order chi connectivity index (χ0) is 13.0. The van der Waals surface area contributed by atoms with Crippen molar-refractivity contribution in [3.63, 3.8) is 0 Å². The number of hydrogen-bond acceptors (Lipinski definition) is 5. The van der Waals surface area contributed by atoms with E-state index >= 15 is 0 Å². The van der Waals surface area contributed by atoms with Crippen LogP contribution in [0, 0.1) is 12.8 Å². The van der Waals surface area contributed by atoms with Gasteiger partial charge in [-0.3, -0.25) is 4.79 Å². The van der Waals surface area contributed by atoms with Crippen LogP contribution >= 0.6 is 0 Å². The van der Waals surface area contributed by atoms with E-state index in [1.807, 2.05) is 0 Å². The average molecular weight is 252 g/mol. The summed E-state index contributed by atoms with van der Waals surface area (Å²) in [6, 6.07) is 0.274. The Morgan fingerprint density at radius 1 is 1.44 bits per heavy atom. The van der Waals surface area contributed by atoms with Gasteiger partial charge in [0.15, 0.2) is 5.82 Å². The molecule has 0 atom stereocenters. The normalized spacial score (nSPS) is 23.9. The highest BCUT2D eigenvalue weighted by molar-refractivity contribution is 5.78. The predicted molar refractivity (Wildman–Crippen MR) is 65.7 cm³/mol. The van der Waals surface area contributed by atoms with Gasteiger partial charge in [-0.2, -0.15) is 4.98 Å². The Morgan fingerprint density at radius 2 is 2.17 bits per heavy atom. The third-order valence-corrected chi connectivity index (χ3v) is 3.35. The van der Waals surface area contributed by atoms with Crippen LogP contribution in [0.5, 0.6) is 0 Å². The van der Waals surface area contributed by atoms with E-state index < -0.39 is 0 Å². The van der Waals surface area contributed by atoms with E-state index in [1.54, 1.807) is 6.92 Å². The van der Waals surface area contributed by atoms with Crippen LogP contribution in [0.25, 0.3) is 0 Å². The Bertz CT molecular complexity index is 397. The van der Waals surface area contributed by atoms with E-state index in [0.717, 1.165) is 25.7 Å². The number of nitrogens with two attached hydrogens (primary N) is 1. The van der Waals surface area contributed by atoms with Crippen LogP contribution in [0.4, 0.5) is 0 Å². The lowest BCUT2D eigenvalue weighted by atomic mass is 9.86. The standard InChI is InChI=1S/C12H20N4O2/c1-8-15-11(18-16-8)6-7-14-12(17)9-2-4-10(13)5-3-9/h9-10H,2-7,13H2,1H3,(H,14,17). The van der Waals surface area contributed by atoms with Gasteiger partial charge in [-0.05, 0) is 32.6 Å². The summed E-state index contributed by atoms with van der Waals surface area (Å²) in [4.78, 5) is 16.0. The Kier molecular flexibility index (Phi) is 4.30. The Balaban J connectivity index is 1.68. The lowest BCUT2D eigenvalue weighted by molar-refractivity contribution is -0.125. The third kappa shape index (κ3) is 3.53. The average Bonchev–Trinajstić information content (AvgIpc) is 2.76. The van der Waals surface area contributed by atoms with Gasteiger partial charge in [-0.15, -0.1) is 0 Å². The predicted octanol–water partition coefficient (Wildman–Crippen LogP) is 0.554. The molecule has 0 aliphatic heterocycles. The molecule has 1 aromatic heterocycles. The Morgan fingerprint density at radius 3 is 2.78 bits per heavy atom. The molecule has 2 rings (SSSR count). The summed E-state index contributed by atoms with van der Waals surface area (Å²) in [7, 11) is 0. The summed E-state index contributed by atoms with van der Waals surface area (Å²) in [6.07, 6.45) is 4.26. The number of carbonyl (C=O) groups excluding carboxylic acids is 1. The zero-order valence-electron chi connectivity index (χ0n) is 10.7. The minimum Gasteiger partial charge on any atom is -0.355 e. The van der Waals surface area contributed by atoms with E-state index in [9.17, 15) is 4.79 Å². The molecule has 6 heteroatoms. The van der Waals surface area contributed by atoms with Crippen molar-refractivity contribution in [2.75, 3.05) is 6.54 Å². The molecule has 0 radical (unpaired) electrons. The number of aromatic nitrogens is 2. The molecule has 1 amide bonds. The van der Waals surface area contributed by atoms with E-state index in [-0.39, 0.29) is 17.9 Å². The van der Waals surface area contributed by atoms with Gasteiger partial charge in [0.25, 0.3) is 0 Å². The molecule has 100 valence electrons. The van der Waals surface area contributed by atoms with Crippen molar-refractivity contribution in [2.24, 2.45) is 11.7 Å². The number of aryl methyl sites for hydroxylation is 1. The van der Waals surface area contributed by atoms with Gasteiger partial charge in [0.1, 0.15) is 0 Å². The van der Waals surface area contributed by atoms with Crippen molar-refractivity contribution in [1.29, 1.82) is 0 Å². The van der Waals surface area contributed by atoms with Gasteiger partial charge in [0.2, 0.25) is 11.8 Å². The number of carbonyl (C=O) groups is 1. The minimum atomic E-state index is 0.120. The van der Waals surface area contributed by atoms with E-state index in [4.69, 9.17) is 10.3 Å². The molecule has 0 saturated heterocycles. The molecular formula is C12H20N4O2. The lowest BCUT2D eigenvalue weighted by Crippen LogP contribution is -2.37. The molecule has 1 saturated carbocycles. The summed E-state index contributed by atoms with van der Waals surface area (Å²) in [6.45, 7) is 2.32. The lowest BCUT2D eigenvalue weighted by Gasteiger charge is -2.25. The third-order valence-electron chi connectivity index (χ3n) is 3.35. The molecule has 0 aromatic carbocycles. The number of rotatable bonds is 4. The molecule has 1 aliphatic carbocycles. The van der Waals surface area contributed by atoms with Crippen molar-refractivity contribution >= 4 is 5.91 Å². The maximum Gasteiger partial charge on any atom is 0.228 e. The second kappa shape index (κ2) is 5.95. The van der Waals surface area contributed by atoms with Crippen LogP contribution in [0.2, 0.25) is 0 Å². The monoisotopic (exact) mass is 252 g/mol. The van der Waals surface area contributed by atoms with Gasteiger partial charge < -0.3 is 15.6 Å². The number of nitrogens with one attached hydrogen (secondary N) is 1. The number of hydrogen-bond donors (Lipinski definition) is 2. The van der Waals surface area contributed by atoms with Crippen molar-refractivity contribution in [3.05, 3.63) is 11.7 Å². The van der Waals surface area contributed by atoms with Crippen LogP contribution in [0.15, 0.2) is 4.52 Å². The molecule has 0 bridgehead atoms. The van der Waals surface area contributed by atoms with Crippen molar-refractivity contribution in [2.45, 2.75) is 45.1 Å². The van der Waals surface area contributed by atoms with Crippen LogP contribution in [0.1, 0.15) is 37.4 Å². The highest BCUT2D eigenvalue weighted by Crippen LogP contribution is 2.23. The largest absolute Gasteiger partial charge is 0.355 e. The fraction of sp³-hybridized carbons (Fsp3) is 0.750. The van der Waals surface area contributed by atoms with E-state index in [0.29, 0.717) is 24.7 Å². The molecule has 1 heterocycles. The zero-order valence-corrected chi connectivity index (χ0v) is 10.7. The summed E-state index contributed by atoms with van der Waals surface area (Å²) in [5.41, 5.74) is 5.82. The second-order valence-corrected chi connectivity index (χ2v) is 4.89. The Hall–Kier alpha value is -1.43. The first-order chi connectivity index (χ1) is 8.65. The molecule has 18 heavy (non-hydrogen) atoms. The van der Waals surface area contributed by atoms with Crippen LogP contribution in [-0.2, 0) is 11.2 Å². The van der Waals surface area contributed by atoms with E-state index in [1.165, 1.54) is 0 Å². The quantitative estimate of drug-likeness (QED) is 0.816. The highest BCUT2D eigenvalue weighted by Gasteiger charge is 2.24. The summed E-state index contributed by atoms with van der Waals surface area (Å²) < 4.78 is 4.98. The Labute approximate surface area is 106 Å². The molecule has 1 aromatic rings. The first kappa shape index (κ1) is 13.0. The summed E-state index contributed by atoms with van der Waals surface area (Å²) >= 11 is 0. The molecular weight excluding hydrogens is 232 g/mol. The first-order valence-electron chi connectivity index (χ1n) is 6.47. The van der Waals surface area contributed by atoms with Gasteiger partial charge in [0, 0.05) is 24.9 Å². The smallest absolute Gasteiger partial charge is 0.228 e. The van der Waals surface area contributed by atoms with Crippen LogP contribution in [-0.4, -0.2) is 28.6 Å². The van der Waals surface area contributed by atoms with Crippen LogP contribution < -0.4 is 11.1 Å².